The highest BCUT2D eigenvalue weighted by Crippen LogP contribution is 2.28. The minimum absolute atomic E-state index is 0. The molecule has 1 heterocycles. The summed E-state index contributed by atoms with van der Waals surface area (Å²) in [6.45, 7) is 3.08. The van der Waals surface area contributed by atoms with E-state index in [0.717, 1.165) is 55.6 Å². The van der Waals surface area contributed by atoms with Crippen molar-refractivity contribution in [3.8, 4) is 11.5 Å². The van der Waals surface area contributed by atoms with Gasteiger partial charge < -0.3 is 25.0 Å². The van der Waals surface area contributed by atoms with Gasteiger partial charge in [0.15, 0.2) is 0 Å². The average molecular weight is 420 g/mol. The van der Waals surface area contributed by atoms with Gasteiger partial charge in [-0.1, -0.05) is 0 Å². The van der Waals surface area contributed by atoms with E-state index in [4.69, 9.17) is 9.47 Å². The number of hydrogen-bond donors (Lipinski definition) is 2. The predicted molar refractivity (Wildman–Crippen MR) is 113 cm³/mol. The first kappa shape index (κ1) is 23.7. The topological polar surface area (TPSA) is 62.8 Å². The number of halogens is 2. The van der Waals surface area contributed by atoms with E-state index in [9.17, 15) is 4.79 Å². The zero-order valence-corrected chi connectivity index (χ0v) is 17.7. The number of rotatable bonds is 8. The fraction of sp³-hybridized carbons (Fsp3) is 0.632. The third-order valence-corrected chi connectivity index (χ3v) is 4.98. The Labute approximate surface area is 174 Å². The average Bonchev–Trinajstić information content (AvgIpc) is 3.46. The van der Waals surface area contributed by atoms with Crippen LogP contribution in [-0.2, 0) is 4.79 Å². The van der Waals surface area contributed by atoms with E-state index in [1.54, 1.807) is 14.2 Å². The van der Waals surface area contributed by atoms with Crippen LogP contribution in [0.4, 0.5) is 5.69 Å². The van der Waals surface area contributed by atoms with E-state index in [1.807, 2.05) is 23.1 Å². The molecule has 1 aliphatic heterocycles. The quantitative estimate of drug-likeness (QED) is 0.677. The van der Waals surface area contributed by atoms with Crippen LogP contribution >= 0.6 is 24.8 Å². The standard InChI is InChI=1S/C19H29N3O3.2ClH/c1-24-17-9-16(10-18(11-17)25-2)21-15-5-7-22(8-6-15)19(23)13-20-12-14-3-4-14;;/h9-11,14-15,20-21H,3-8,12-13H2,1-2H3;2*1H. The van der Waals surface area contributed by atoms with Crippen LogP contribution < -0.4 is 20.1 Å². The molecule has 1 aliphatic carbocycles. The van der Waals surface area contributed by atoms with Crippen LogP contribution in [0.1, 0.15) is 25.7 Å². The number of methoxy groups -OCH3 is 2. The molecule has 1 aromatic carbocycles. The van der Waals surface area contributed by atoms with E-state index in [2.05, 4.69) is 10.6 Å². The Kier molecular flexibility index (Phi) is 10.1. The molecular weight excluding hydrogens is 389 g/mol. The largest absolute Gasteiger partial charge is 0.497 e. The van der Waals surface area contributed by atoms with Crippen LogP contribution in [0.25, 0.3) is 0 Å². The molecule has 0 aromatic heterocycles. The SMILES string of the molecule is COc1cc(NC2CCN(C(=O)CNCC3CC3)CC2)cc(OC)c1.Cl.Cl. The number of benzene rings is 1. The maximum absolute atomic E-state index is 12.2. The number of likely N-dealkylation sites (tertiary alicyclic amines) is 1. The molecule has 0 atom stereocenters. The van der Waals surface area contributed by atoms with Crippen molar-refractivity contribution in [2.24, 2.45) is 5.92 Å². The lowest BCUT2D eigenvalue weighted by molar-refractivity contribution is -0.131. The molecule has 6 nitrogen and oxygen atoms in total. The summed E-state index contributed by atoms with van der Waals surface area (Å²) >= 11 is 0. The lowest BCUT2D eigenvalue weighted by Gasteiger charge is -2.33. The second kappa shape index (κ2) is 11.5. The second-order valence-corrected chi connectivity index (χ2v) is 6.98. The van der Waals surface area contributed by atoms with Gasteiger partial charge >= 0.3 is 0 Å². The Balaban J connectivity index is 0.00000182. The maximum atomic E-state index is 12.2. The summed E-state index contributed by atoms with van der Waals surface area (Å²) in [6, 6.07) is 6.17. The molecule has 1 aromatic rings. The molecule has 2 N–H and O–H groups in total. The highest BCUT2D eigenvalue weighted by atomic mass is 35.5. The van der Waals surface area contributed by atoms with E-state index in [-0.39, 0.29) is 30.7 Å². The Bertz CT molecular complexity index is 569. The first-order valence-corrected chi connectivity index (χ1v) is 9.16. The van der Waals surface area contributed by atoms with E-state index in [1.165, 1.54) is 12.8 Å². The Morgan fingerprint density at radius 2 is 1.63 bits per heavy atom. The van der Waals surface area contributed by atoms with Gasteiger partial charge in [0.1, 0.15) is 11.5 Å². The van der Waals surface area contributed by atoms with Gasteiger partial charge in [-0.25, -0.2) is 0 Å². The number of carbonyl (C=O) groups is 1. The molecule has 0 spiro atoms. The van der Waals surface area contributed by atoms with Crippen molar-refractivity contribution in [3.05, 3.63) is 18.2 Å². The zero-order chi connectivity index (χ0) is 17.6. The minimum atomic E-state index is 0. The number of carbonyl (C=O) groups excluding carboxylic acids is 1. The first-order valence-electron chi connectivity index (χ1n) is 9.16. The summed E-state index contributed by atoms with van der Waals surface area (Å²) in [6.07, 6.45) is 4.53. The Morgan fingerprint density at radius 3 is 2.15 bits per heavy atom. The van der Waals surface area contributed by atoms with Crippen molar-refractivity contribution in [1.29, 1.82) is 0 Å². The summed E-state index contributed by atoms with van der Waals surface area (Å²) in [5.74, 6) is 2.58. The van der Waals surface area contributed by atoms with Crippen molar-refractivity contribution in [1.82, 2.24) is 10.2 Å². The molecule has 0 bridgehead atoms. The summed E-state index contributed by atoms with van der Waals surface area (Å²) in [5.41, 5.74) is 0.993. The monoisotopic (exact) mass is 419 g/mol. The molecule has 1 saturated heterocycles. The fourth-order valence-corrected chi connectivity index (χ4v) is 3.22. The van der Waals surface area contributed by atoms with Crippen molar-refractivity contribution in [2.75, 3.05) is 45.7 Å². The molecular formula is C19H31Cl2N3O3. The highest BCUT2D eigenvalue weighted by Gasteiger charge is 2.24. The third kappa shape index (κ3) is 7.28. The molecule has 8 heteroatoms. The van der Waals surface area contributed by atoms with Crippen LogP contribution in [0, 0.1) is 5.92 Å². The fourth-order valence-electron chi connectivity index (χ4n) is 3.22. The molecule has 1 amide bonds. The molecule has 1 saturated carbocycles. The normalized spacial score (nSPS) is 16.7. The molecule has 0 radical (unpaired) electrons. The third-order valence-electron chi connectivity index (χ3n) is 4.98. The van der Waals surface area contributed by atoms with Crippen LogP contribution in [0.5, 0.6) is 11.5 Å². The van der Waals surface area contributed by atoms with Crippen LogP contribution in [0.15, 0.2) is 18.2 Å². The number of nitrogens with zero attached hydrogens (tertiary/aromatic N) is 1. The summed E-state index contributed by atoms with van der Waals surface area (Å²) in [7, 11) is 3.31. The van der Waals surface area contributed by atoms with Crippen molar-refractivity contribution in [3.63, 3.8) is 0 Å². The van der Waals surface area contributed by atoms with E-state index in [0.29, 0.717) is 12.6 Å². The van der Waals surface area contributed by atoms with Crippen molar-refractivity contribution < 1.29 is 14.3 Å². The van der Waals surface area contributed by atoms with Gasteiger partial charge in [0.2, 0.25) is 5.91 Å². The van der Waals surface area contributed by atoms with Gasteiger partial charge in [0.05, 0.1) is 20.8 Å². The van der Waals surface area contributed by atoms with Gasteiger partial charge in [0.25, 0.3) is 0 Å². The first-order chi connectivity index (χ1) is 12.2. The number of piperidine rings is 1. The van der Waals surface area contributed by atoms with Gasteiger partial charge in [-0.2, -0.15) is 0 Å². The summed E-state index contributed by atoms with van der Waals surface area (Å²) < 4.78 is 10.6. The van der Waals surface area contributed by atoms with Crippen molar-refractivity contribution >= 4 is 36.4 Å². The highest BCUT2D eigenvalue weighted by molar-refractivity contribution is 5.85. The lowest BCUT2D eigenvalue weighted by atomic mass is 10.0. The number of ether oxygens (including phenoxy) is 2. The smallest absolute Gasteiger partial charge is 0.236 e. The number of amides is 1. The number of anilines is 1. The molecule has 2 aliphatic rings. The molecule has 154 valence electrons. The summed E-state index contributed by atoms with van der Waals surface area (Å²) in [4.78, 5) is 14.2. The van der Waals surface area contributed by atoms with Gasteiger partial charge in [-0.15, -0.1) is 24.8 Å². The molecule has 3 rings (SSSR count). The molecule has 0 unspecified atom stereocenters. The van der Waals surface area contributed by atoms with Crippen LogP contribution in [0.2, 0.25) is 0 Å². The zero-order valence-electron chi connectivity index (χ0n) is 16.0. The number of hydrogen-bond acceptors (Lipinski definition) is 5. The molecule has 2 fully saturated rings. The Hall–Kier alpha value is -1.37. The maximum Gasteiger partial charge on any atom is 0.236 e. The van der Waals surface area contributed by atoms with Crippen LogP contribution in [0.3, 0.4) is 0 Å². The Morgan fingerprint density at radius 1 is 1.04 bits per heavy atom. The minimum Gasteiger partial charge on any atom is -0.497 e. The van der Waals surface area contributed by atoms with Gasteiger partial charge in [-0.05, 0) is 38.1 Å². The lowest BCUT2D eigenvalue weighted by Crippen LogP contribution is -2.45. The number of nitrogens with one attached hydrogen (secondary N) is 2. The van der Waals surface area contributed by atoms with Crippen LogP contribution in [-0.4, -0.2) is 57.2 Å². The predicted octanol–water partition coefficient (Wildman–Crippen LogP) is 2.95. The van der Waals surface area contributed by atoms with Crippen molar-refractivity contribution in [2.45, 2.75) is 31.7 Å². The molecule has 27 heavy (non-hydrogen) atoms. The van der Waals surface area contributed by atoms with E-state index >= 15 is 0 Å². The van der Waals surface area contributed by atoms with Gasteiger partial charge in [-0.3, -0.25) is 4.79 Å². The summed E-state index contributed by atoms with van der Waals surface area (Å²) in [5, 5.41) is 6.83. The second-order valence-electron chi connectivity index (χ2n) is 6.98. The van der Waals surface area contributed by atoms with Gasteiger partial charge in [0, 0.05) is 43.0 Å². The van der Waals surface area contributed by atoms with E-state index < -0.39 is 0 Å².